The lowest BCUT2D eigenvalue weighted by Gasteiger charge is -2.14. The molecule has 0 unspecified atom stereocenters. The second-order valence-electron chi connectivity index (χ2n) is 7.47. The van der Waals surface area contributed by atoms with E-state index in [0.717, 1.165) is 28.7 Å². The van der Waals surface area contributed by atoms with Gasteiger partial charge in [0.15, 0.2) is 0 Å². The van der Waals surface area contributed by atoms with Gasteiger partial charge in [0.1, 0.15) is 21.7 Å². The average Bonchev–Trinajstić information content (AvgIpc) is 3.35. The molecule has 178 valence electrons. The molecule has 35 heavy (non-hydrogen) atoms. The Morgan fingerprint density at radius 1 is 1.00 bits per heavy atom. The summed E-state index contributed by atoms with van der Waals surface area (Å²) in [4.78, 5) is 25.8. The van der Waals surface area contributed by atoms with E-state index in [1.807, 2.05) is 60.7 Å². The monoisotopic (exact) mass is 514 g/mol. The Kier molecular flexibility index (Phi) is 7.28. The summed E-state index contributed by atoms with van der Waals surface area (Å²) < 4.78 is 39.3. The van der Waals surface area contributed by atoms with E-state index in [9.17, 15) is 18.0 Å². The van der Waals surface area contributed by atoms with E-state index in [1.165, 1.54) is 6.20 Å². The van der Waals surface area contributed by atoms with E-state index in [2.05, 4.69) is 15.3 Å². The number of amides is 1. The van der Waals surface area contributed by atoms with E-state index in [-0.39, 0.29) is 16.7 Å². The van der Waals surface area contributed by atoms with Gasteiger partial charge < -0.3 is 5.32 Å². The van der Waals surface area contributed by atoms with Crippen molar-refractivity contribution in [1.82, 2.24) is 9.97 Å². The number of thiazole rings is 1. The van der Waals surface area contributed by atoms with Gasteiger partial charge in [-0.15, -0.1) is 11.3 Å². The molecule has 0 spiro atoms. The number of rotatable bonds is 6. The number of aliphatic imine (C=N–C) groups is 1. The number of carbonyl (C=O) groups excluding carboxylic acids is 1. The van der Waals surface area contributed by atoms with Gasteiger partial charge in [0.05, 0.1) is 22.5 Å². The molecule has 1 amide bonds. The van der Waals surface area contributed by atoms with Gasteiger partial charge in [-0.25, -0.2) is 9.97 Å². The predicted octanol–water partition coefficient (Wildman–Crippen LogP) is 7.06. The molecule has 0 aliphatic heterocycles. The van der Waals surface area contributed by atoms with Crippen LogP contribution >= 0.6 is 22.9 Å². The van der Waals surface area contributed by atoms with Crippen molar-refractivity contribution < 1.29 is 18.0 Å². The van der Waals surface area contributed by atoms with Crippen LogP contribution in [0.5, 0.6) is 0 Å². The standard InChI is InChI=1S/C25H18ClF3N4OS/c1-15(32-22(16-8-4-2-5-9-16)17-10-6-3-7-11-17)24-31-14-20(35-24)23(34)33-21-12-18(25(27,28)29)19(26)13-30-21/h2-14,22H,1H3,(H,30,33,34)/b32-15+. The molecule has 2 aromatic heterocycles. The summed E-state index contributed by atoms with van der Waals surface area (Å²) in [7, 11) is 0. The number of nitrogens with one attached hydrogen (secondary N) is 1. The van der Waals surface area contributed by atoms with Crippen molar-refractivity contribution in [3.8, 4) is 0 Å². The molecule has 0 atom stereocenters. The third-order valence-corrected chi connectivity index (χ3v) is 6.40. The Morgan fingerprint density at radius 3 is 2.17 bits per heavy atom. The molecule has 2 heterocycles. The second-order valence-corrected chi connectivity index (χ2v) is 8.91. The summed E-state index contributed by atoms with van der Waals surface area (Å²) in [5, 5.41) is 2.34. The normalized spacial score (nSPS) is 12.1. The topological polar surface area (TPSA) is 67.2 Å². The van der Waals surface area contributed by atoms with Crippen LogP contribution in [0, 0.1) is 0 Å². The van der Waals surface area contributed by atoms with Crippen molar-refractivity contribution in [2.75, 3.05) is 5.32 Å². The van der Waals surface area contributed by atoms with Crippen LogP contribution in [0.3, 0.4) is 0 Å². The van der Waals surface area contributed by atoms with Crippen molar-refractivity contribution in [2.45, 2.75) is 19.1 Å². The van der Waals surface area contributed by atoms with Crippen molar-refractivity contribution in [1.29, 1.82) is 0 Å². The zero-order valence-corrected chi connectivity index (χ0v) is 19.8. The van der Waals surface area contributed by atoms with Gasteiger partial charge in [0.2, 0.25) is 0 Å². The van der Waals surface area contributed by atoms with E-state index in [0.29, 0.717) is 16.8 Å². The number of alkyl halides is 3. The third kappa shape index (κ3) is 5.93. The highest BCUT2D eigenvalue weighted by atomic mass is 35.5. The van der Waals surface area contributed by atoms with Crippen LogP contribution in [0.2, 0.25) is 5.02 Å². The van der Waals surface area contributed by atoms with Gasteiger partial charge >= 0.3 is 6.18 Å². The number of carbonyl (C=O) groups is 1. The smallest absolute Gasteiger partial charge is 0.306 e. The maximum absolute atomic E-state index is 13.1. The average molecular weight is 515 g/mol. The summed E-state index contributed by atoms with van der Waals surface area (Å²) in [6, 6.07) is 20.0. The molecule has 0 saturated carbocycles. The van der Waals surface area contributed by atoms with Crippen LogP contribution in [0.15, 0.2) is 84.1 Å². The number of aromatic nitrogens is 2. The number of hydrogen-bond donors (Lipinski definition) is 1. The Bertz CT molecular complexity index is 1320. The molecule has 0 radical (unpaired) electrons. The van der Waals surface area contributed by atoms with Crippen LogP contribution in [0.25, 0.3) is 0 Å². The van der Waals surface area contributed by atoms with Crippen molar-refractivity contribution in [2.24, 2.45) is 4.99 Å². The molecule has 0 saturated heterocycles. The predicted molar refractivity (Wildman–Crippen MR) is 131 cm³/mol. The first kappa shape index (κ1) is 24.6. The Labute approximate surface area is 208 Å². The van der Waals surface area contributed by atoms with E-state index in [1.54, 1.807) is 6.92 Å². The highest BCUT2D eigenvalue weighted by molar-refractivity contribution is 7.15. The van der Waals surface area contributed by atoms with E-state index < -0.39 is 22.7 Å². The van der Waals surface area contributed by atoms with Gasteiger partial charge in [0.25, 0.3) is 5.91 Å². The molecular formula is C25H18ClF3N4OS. The molecule has 0 aliphatic carbocycles. The lowest BCUT2D eigenvalue weighted by molar-refractivity contribution is -0.137. The molecule has 2 aromatic carbocycles. The fourth-order valence-corrected chi connectivity index (χ4v) is 4.28. The highest BCUT2D eigenvalue weighted by Crippen LogP contribution is 2.35. The second kappa shape index (κ2) is 10.4. The Morgan fingerprint density at radius 2 is 1.60 bits per heavy atom. The zero-order valence-electron chi connectivity index (χ0n) is 18.3. The van der Waals surface area contributed by atoms with Crippen molar-refractivity contribution >= 4 is 40.4 Å². The molecule has 0 bridgehead atoms. The van der Waals surface area contributed by atoms with Gasteiger partial charge in [-0.1, -0.05) is 72.3 Å². The highest BCUT2D eigenvalue weighted by Gasteiger charge is 2.34. The summed E-state index contributed by atoms with van der Waals surface area (Å²) >= 11 is 6.67. The first-order chi connectivity index (χ1) is 16.7. The third-order valence-electron chi connectivity index (χ3n) is 4.99. The molecule has 0 fully saturated rings. The number of hydrogen-bond acceptors (Lipinski definition) is 5. The quantitative estimate of drug-likeness (QED) is 0.280. The molecule has 10 heteroatoms. The fraction of sp³-hybridized carbons (Fsp3) is 0.120. The number of pyridine rings is 1. The molecule has 4 rings (SSSR count). The van der Waals surface area contributed by atoms with Gasteiger partial charge in [-0.05, 0) is 24.1 Å². The van der Waals surface area contributed by atoms with Gasteiger partial charge in [-0.3, -0.25) is 9.79 Å². The van der Waals surface area contributed by atoms with Crippen LogP contribution < -0.4 is 5.32 Å². The van der Waals surface area contributed by atoms with Crippen LogP contribution in [-0.4, -0.2) is 21.6 Å². The van der Waals surface area contributed by atoms with Crippen LogP contribution in [-0.2, 0) is 6.18 Å². The largest absolute Gasteiger partial charge is 0.418 e. The van der Waals surface area contributed by atoms with Gasteiger partial charge in [0, 0.05) is 6.20 Å². The minimum atomic E-state index is -4.67. The molecule has 5 nitrogen and oxygen atoms in total. The van der Waals surface area contributed by atoms with Crippen molar-refractivity contribution in [3.63, 3.8) is 0 Å². The van der Waals surface area contributed by atoms with Crippen molar-refractivity contribution in [3.05, 3.63) is 111 Å². The lowest BCUT2D eigenvalue weighted by Crippen LogP contribution is -2.13. The van der Waals surface area contributed by atoms with Crippen LogP contribution in [0.1, 0.15) is 44.3 Å². The van der Waals surface area contributed by atoms with E-state index in [4.69, 9.17) is 16.6 Å². The fourth-order valence-electron chi connectivity index (χ4n) is 3.31. The first-order valence-electron chi connectivity index (χ1n) is 10.4. The first-order valence-corrected chi connectivity index (χ1v) is 11.6. The minimum Gasteiger partial charge on any atom is -0.306 e. The lowest BCUT2D eigenvalue weighted by atomic mass is 9.99. The zero-order chi connectivity index (χ0) is 25.0. The number of anilines is 1. The number of halogens is 4. The SMILES string of the molecule is C/C(=N\C(c1ccccc1)c1ccccc1)c1ncc(C(=O)Nc2cc(C(F)(F)F)c(Cl)cn2)s1. The molecule has 4 aromatic rings. The van der Waals surface area contributed by atoms with Gasteiger partial charge in [-0.2, -0.15) is 13.2 Å². The number of nitrogens with zero attached hydrogens (tertiary/aromatic N) is 3. The Balaban J connectivity index is 1.57. The molecule has 0 aliphatic rings. The van der Waals surface area contributed by atoms with Crippen LogP contribution in [0.4, 0.5) is 19.0 Å². The Hall–Kier alpha value is -3.56. The maximum Gasteiger partial charge on any atom is 0.418 e. The summed E-state index contributed by atoms with van der Waals surface area (Å²) in [5.41, 5.74) is 1.55. The summed E-state index contributed by atoms with van der Waals surface area (Å²) in [5.74, 6) is -0.896. The molecular weight excluding hydrogens is 497 g/mol. The number of benzene rings is 2. The summed E-state index contributed by atoms with van der Waals surface area (Å²) in [6.07, 6.45) is -2.46. The minimum absolute atomic E-state index is 0.204. The maximum atomic E-state index is 13.1. The summed E-state index contributed by atoms with van der Waals surface area (Å²) in [6.45, 7) is 1.80. The molecule has 1 N–H and O–H groups in total. The van der Waals surface area contributed by atoms with E-state index >= 15 is 0 Å².